The Labute approximate surface area is 191 Å². The van der Waals surface area contributed by atoms with E-state index in [0.29, 0.717) is 59.2 Å². The molecule has 13 heteroatoms. The zero-order valence-electron chi connectivity index (χ0n) is 16.3. The van der Waals surface area contributed by atoms with Crippen molar-refractivity contribution in [1.82, 2.24) is 0 Å². The molecule has 0 aliphatic carbocycles. The zero-order valence-corrected chi connectivity index (χ0v) is 20.4. The Bertz CT molecular complexity index is 442. The molecule has 0 aromatic rings. The van der Waals surface area contributed by atoms with Crippen LogP contribution in [0.3, 0.4) is 0 Å². The van der Waals surface area contributed by atoms with Crippen molar-refractivity contribution < 1.29 is 38.5 Å². The fraction of sp³-hybridized carbons (Fsp3) is 0.875. The molecule has 0 heterocycles. The molecule has 0 saturated heterocycles. The van der Waals surface area contributed by atoms with Crippen molar-refractivity contribution in [2.24, 2.45) is 0 Å². The van der Waals surface area contributed by atoms with E-state index in [9.17, 15) is 13.8 Å². The van der Waals surface area contributed by atoms with Gasteiger partial charge in [0.25, 0.3) is 0 Å². The highest BCUT2D eigenvalue weighted by molar-refractivity contribution is 8.26. The van der Waals surface area contributed by atoms with E-state index < -0.39 is 10.8 Å². The summed E-state index contributed by atoms with van der Waals surface area (Å²) < 4.78 is 16.8. The maximum Gasteiger partial charge on any atom is 0.315 e. The Morgan fingerprint density at radius 3 is 2.31 bits per heavy atom. The van der Waals surface area contributed by atoms with E-state index in [1.807, 2.05) is 0 Å². The SMILES string of the molecule is O=C(CSCCS(=O)CSCSC(=O)CSCCOOCCCO)OCCCO. The van der Waals surface area contributed by atoms with Crippen LogP contribution in [-0.4, -0.2) is 97.5 Å². The topological polar surface area (TPSA) is 119 Å². The highest BCUT2D eigenvalue weighted by atomic mass is 32.2. The second-order valence-electron chi connectivity index (χ2n) is 5.22. The molecule has 0 bridgehead atoms. The quantitative estimate of drug-likeness (QED) is 0.0763. The van der Waals surface area contributed by atoms with E-state index in [0.717, 1.165) is 0 Å². The van der Waals surface area contributed by atoms with Gasteiger partial charge in [-0.2, -0.15) is 11.8 Å². The smallest absolute Gasteiger partial charge is 0.315 e. The van der Waals surface area contributed by atoms with E-state index in [-0.39, 0.29) is 36.7 Å². The van der Waals surface area contributed by atoms with Gasteiger partial charge in [0.1, 0.15) is 0 Å². The molecule has 1 atom stereocenters. The van der Waals surface area contributed by atoms with Crippen molar-refractivity contribution >= 4 is 68.9 Å². The normalized spacial score (nSPS) is 12.1. The molecule has 0 aliphatic heterocycles. The molecule has 0 aliphatic rings. The first kappa shape index (κ1) is 29.5. The van der Waals surface area contributed by atoms with E-state index in [4.69, 9.17) is 24.7 Å². The molecule has 0 radical (unpaired) electrons. The summed E-state index contributed by atoms with van der Waals surface area (Å²) in [4.78, 5) is 32.8. The summed E-state index contributed by atoms with van der Waals surface area (Å²) >= 11 is 5.53. The van der Waals surface area contributed by atoms with Gasteiger partial charge in [-0.15, -0.1) is 23.5 Å². The Balaban J connectivity index is 3.41. The van der Waals surface area contributed by atoms with Crippen molar-refractivity contribution in [3.8, 4) is 0 Å². The first-order valence-corrected chi connectivity index (χ1v) is 14.9. The van der Waals surface area contributed by atoms with Gasteiger partial charge < -0.3 is 14.9 Å². The number of aliphatic hydroxyl groups excluding tert-OH is 2. The number of hydrogen-bond acceptors (Lipinski definition) is 12. The summed E-state index contributed by atoms with van der Waals surface area (Å²) in [5.41, 5.74) is 0. The molecule has 172 valence electrons. The zero-order chi connectivity index (χ0) is 21.6. The number of ether oxygens (including phenoxy) is 1. The van der Waals surface area contributed by atoms with Gasteiger partial charge in [-0.25, -0.2) is 9.78 Å². The highest BCUT2D eigenvalue weighted by Crippen LogP contribution is 2.17. The second-order valence-corrected chi connectivity index (χ2v) is 11.8. The van der Waals surface area contributed by atoms with Gasteiger partial charge in [-0.05, 0) is 6.42 Å². The molecule has 1 unspecified atom stereocenters. The first-order valence-electron chi connectivity index (χ1n) is 8.95. The van der Waals surface area contributed by atoms with Gasteiger partial charge >= 0.3 is 5.97 Å². The van der Waals surface area contributed by atoms with Crippen molar-refractivity contribution in [3.05, 3.63) is 0 Å². The van der Waals surface area contributed by atoms with Gasteiger partial charge in [-0.1, -0.05) is 11.8 Å². The summed E-state index contributed by atoms with van der Waals surface area (Å²) in [6, 6.07) is 0. The third-order valence-electron chi connectivity index (χ3n) is 2.76. The number of carbonyl (C=O) groups is 2. The van der Waals surface area contributed by atoms with Crippen LogP contribution >= 0.6 is 47.0 Å². The Morgan fingerprint density at radius 1 is 0.862 bits per heavy atom. The Hall–Kier alpha value is 0.530. The number of thioether (sulfide) groups is 4. The molecule has 29 heavy (non-hydrogen) atoms. The number of rotatable bonds is 21. The minimum Gasteiger partial charge on any atom is -0.465 e. The van der Waals surface area contributed by atoms with Gasteiger partial charge in [0.05, 0.1) is 36.4 Å². The lowest BCUT2D eigenvalue weighted by Gasteiger charge is -2.05. The average molecular weight is 511 g/mol. The molecule has 0 aromatic heterocycles. The van der Waals surface area contributed by atoms with Crippen LogP contribution in [0, 0.1) is 0 Å². The molecular weight excluding hydrogens is 481 g/mol. The van der Waals surface area contributed by atoms with E-state index in [1.54, 1.807) is 0 Å². The monoisotopic (exact) mass is 510 g/mol. The molecule has 0 aromatic carbocycles. The molecule has 0 fully saturated rings. The van der Waals surface area contributed by atoms with Crippen LogP contribution in [0.15, 0.2) is 0 Å². The van der Waals surface area contributed by atoms with Crippen LogP contribution < -0.4 is 0 Å². The van der Waals surface area contributed by atoms with Crippen molar-refractivity contribution in [3.63, 3.8) is 0 Å². The number of aliphatic hydroxyl groups is 2. The van der Waals surface area contributed by atoms with E-state index in [2.05, 4.69) is 0 Å². The van der Waals surface area contributed by atoms with Gasteiger partial charge in [0, 0.05) is 52.8 Å². The van der Waals surface area contributed by atoms with Crippen molar-refractivity contribution in [1.29, 1.82) is 0 Å². The average Bonchev–Trinajstić information content (AvgIpc) is 2.71. The molecule has 0 spiro atoms. The van der Waals surface area contributed by atoms with Gasteiger partial charge in [0.2, 0.25) is 0 Å². The van der Waals surface area contributed by atoms with Gasteiger partial charge in [0.15, 0.2) is 5.12 Å². The lowest BCUT2D eigenvalue weighted by atomic mass is 10.5. The molecule has 0 saturated carbocycles. The third kappa shape index (κ3) is 23.0. The van der Waals surface area contributed by atoms with Crippen LogP contribution in [0.1, 0.15) is 12.8 Å². The predicted molar refractivity (Wildman–Crippen MR) is 124 cm³/mol. The lowest BCUT2D eigenvalue weighted by Crippen LogP contribution is -2.11. The van der Waals surface area contributed by atoms with E-state index >= 15 is 0 Å². The molecule has 0 amide bonds. The van der Waals surface area contributed by atoms with Gasteiger partial charge in [-0.3, -0.25) is 13.8 Å². The largest absolute Gasteiger partial charge is 0.465 e. The second kappa shape index (κ2) is 23.2. The molecule has 2 N–H and O–H groups in total. The van der Waals surface area contributed by atoms with Crippen LogP contribution in [-0.2, 0) is 34.9 Å². The molecule has 0 rings (SSSR count). The summed E-state index contributed by atoms with van der Waals surface area (Å²) in [7, 11) is -0.987. The minimum absolute atomic E-state index is 0.00305. The molecule has 8 nitrogen and oxygen atoms in total. The first-order chi connectivity index (χ1) is 14.1. The van der Waals surface area contributed by atoms with Crippen molar-refractivity contribution in [2.75, 3.05) is 72.0 Å². The van der Waals surface area contributed by atoms with Crippen LogP contribution in [0.2, 0.25) is 0 Å². The third-order valence-corrected chi connectivity index (χ3v) is 9.04. The highest BCUT2D eigenvalue weighted by Gasteiger charge is 2.07. The minimum atomic E-state index is -0.987. The molecular formula is C16H30O8S5. The maximum atomic E-state index is 11.9. The van der Waals surface area contributed by atoms with Crippen LogP contribution in [0.4, 0.5) is 0 Å². The summed E-state index contributed by atoms with van der Waals surface area (Å²) in [6.45, 7) is 1.03. The Kier molecular flexibility index (Phi) is 23.6. The number of esters is 1. The maximum absolute atomic E-state index is 11.9. The van der Waals surface area contributed by atoms with Crippen LogP contribution in [0.5, 0.6) is 0 Å². The fourth-order valence-corrected chi connectivity index (χ4v) is 7.07. The lowest BCUT2D eigenvalue weighted by molar-refractivity contribution is -0.291. The summed E-state index contributed by atoms with van der Waals surface area (Å²) in [5, 5.41) is 18.3. The predicted octanol–water partition coefficient (Wildman–Crippen LogP) is 1.37. The van der Waals surface area contributed by atoms with Crippen molar-refractivity contribution in [2.45, 2.75) is 12.8 Å². The summed E-state index contributed by atoms with van der Waals surface area (Å²) in [6.07, 6.45) is 0.969. The fourth-order valence-electron chi connectivity index (χ4n) is 1.42. The number of carbonyl (C=O) groups excluding carboxylic acids is 2. The standard InChI is InChI=1S/C16H30O8S5/c17-3-1-5-22-15(19)11-26-9-10-29(21)14-27-13-28-16(20)12-25-8-7-24-23-6-2-4-18/h17-18H,1-14H2. The van der Waals surface area contributed by atoms with Crippen LogP contribution in [0.25, 0.3) is 0 Å². The van der Waals surface area contributed by atoms with E-state index in [1.165, 1.54) is 47.0 Å². The Morgan fingerprint density at radius 2 is 1.55 bits per heavy atom. The summed E-state index contributed by atoms with van der Waals surface area (Å²) in [5.74, 6) is 2.04. The number of hydrogen-bond donors (Lipinski definition) is 2.